The van der Waals surface area contributed by atoms with Gasteiger partial charge in [0.2, 0.25) is 0 Å². The minimum Gasteiger partial charge on any atom is -0.402 e. The maximum atomic E-state index is 12.6. The van der Waals surface area contributed by atoms with Crippen molar-refractivity contribution in [1.82, 2.24) is 5.43 Å². The Labute approximate surface area is 130 Å². The number of nitrogens with zero attached hydrogens (tertiary/aromatic N) is 1. The molecule has 1 aliphatic rings. The molecule has 0 radical (unpaired) electrons. The van der Waals surface area contributed by atoms with Crippen molar-refractivity contribution in [2.45, 2.75) is 24.9 Å². The van der Waals surface area contributed by atoms with E-state index in [1.165, 1.54) is 12.1 Å². The van der Waals surface area contributed by atoms with Crippen molar-refractivity contribution in [2.24, 2.45) is 22.5 Å². The molecule has 8 N–H and O–H groups in total. The summed E-state index contributed by atoms with van der Waals surface area (Å²) in [6.07, 6.45) is -3.50. The van der Waals surface area contributed by atoms with Crippen LogP contribution in [-0.2, 0) is 6.18 Å². The minimum atomic E-state index is -4.36. The van der Waals surface area contributed by atoms with Crippen molar-refractivity contribution in [3.63, 3.8) is 0 Å². The number of hydrazine groups is 1. The first kappa shape index (κ1) is 16.8. The van der Waals surface area contributed by atoms with Gasteiger partial charge in [-0.05, 0) is 36.5 Å². The van der Waals surface area contributed by atoms with Gasteiger partial charge in [0.15, 0.2) is 5.84 Å². The Hall–Kier alpha value is -2.55. The molecule has 0 saturated heterocycles. The molecule has 0 aliphatic heterocycles. The number of allylic oxidation sites excluding steroid dienone is 1. The van der Waals surface area contributed by atoms with Crippen LogP contribution in [0.2, 0.25) is 0 Å². The van der Waals surface area contributed by atoms with Crippen LogP contribution < -0.4 is 22.8 Å². The highest BCUT2D eigenvalue weighted by Gasteiger charge is 2.32. The summed E-state index contributed by atoms with van der Waals surface area (Å²) in [7, 11) is 0. The molecule has 0 saturated carbocycles. The van der Waals surface area contributed by atoms with Crippen LogP contribution in [0.4, 0.5) is 13.2 Å². The number of hydrazone groups is 1. The maximum absolute atomic E-state index is 12.6. The van der Waals surface area contributed by atoms with E-state index in [1.54, 1.807) is 0 Å². The number of benzene rings is 1. The highest BCUT2D eigenvalue weighted by molar-refractivity contribution is 6.46. The molecule has 1 unspecified atom stereocenters. The summed E-state index contributed by atoms with van der Waals surface area (Å²) >= 11 is 0. The van der Waals surface area contributed by atoms with Crippen LogP contribution >= 0.6 is 0 Å². The zero-order valence-electron chi connectivity index (χ0n) is 12.1. The average Bonchev–Trinajstić information content (AvgIpc) is 2.89. The van der Waals surface area contributed by atoms with E-state index in [0.717, 1.165) is 17.7 Å². The molecule has 0 heterocycles. The smallest absolute Gasteiger partial charge is 0.402 e. The number of halogens is 3. The summed E-state index contributed by atoms with van der Waals surface area (Å²) in [5, 5.41) is 11.4. The molecular formula is C14H17F3N6. The summed E-state index contributed by atoms with van der Waals surface area (Å²) in [5.41, 5.74) is 9.21. The molecule has 2 rings (SSSR count). The molecule has 0 aromatic heterocycles. The Morgan fingerprint density at radius 2 is 1.83 bits per heavy atom. The van der Waals surface area contributed by atoms with Gasteiger partial charge in [0.25, 0.3) is 0 Å². The fourth-order valence-corrected chi connectivity index (χ4v) is 2.60. The van der Waals surface area contributed by atoms with E-state index in [0.29, 0.717) is 24.1 Å². The second-order valence-corrected chi connectivity index (χ2v) is 5.23. The third kappa shape index (κ3) is 3.45. The van der Waals surface area contributed by atoms with Gasteiger partial charge < -0.3 is 17.0 Å². The van der Waals surface area contributed by atoms with Crippen LogP contribution in [0.3, 0.4) is 0 Å². The minimum absolute atomic E-state index is 0.00369. The van der Waals surface area contributed by atoms with Crippen LogP contribution in [0, 0.1) is 5.41 Å². The van der Waals surface area contributed by atoms with Gasteiger partial charge in [0, 0.05) is 11.3 Å². The highest BCUT2D eigenvalue weighted by atomic mass is 19.4. The number of nitrogens with one attached hydrogen (secondary N) is 2. The molecule has 0 fully saturated rings. The Morgan fingerprint density at radius 3 is 2.30 bits per heavy atom. The number of hydrogen-bond acceptors (Lipinski definition) is 5. The second kappa shape index (κ2) is 6.29. The van der Waals surface area contributed by atoms with E-state index in [1.807, 2.05) is 0 Å². The van der Waals surface area contributed by atoms with E-state index in [9.17, 15) is 13.2 Å². The van der Waals surface area contributed by atoms with E-state index in [-0.39, 0.29) is 17.5 Å². The topological polar surface area (TPSA) is 126 Å². The summed E-state index contributed by atoms with van der Waals surface area (Å²) in [4.78, 5) is 0. The SMILES string of the molecule is N=C(C1=C(N)CC(c2ccc(C(F)(F)F)cc2)C1)/C(=N/N)NN. The largest absolute Gasteiger partial charge is 0.416 e. The fourth-order valence-electron chi connectivity index (χ4n) is 2.60. The van der Waals surface area contributed by atoms with Crippen molar-refractivity contribution in [3.8, 4) is 0 Å². The molecule has 0 amide bonds. The monoisotopic (exact) mass is 326 g/mol. The van der Waals surface area contributed by atoms with E-state index in [2.05, 4.69) is 10.5 Å². The molecule has 1 aliphatic carbocycles. The molecular weight excluding hydrogens is 309 g/mol. The van der Waals surface area contributed by atoms with Gasteiger partial charge in [-0.15, -0.1) is 0 Å². The normalized spacial score (nSPS) is 19.1. The third-order valence-corrected chi connectivity index (χ3v) is 3.82. The molecule has 23 heavy (non-hydrogen) atoms. The molecule has 124 valence electrons. The predicted molar refractivity (Wildman–Crippen MR) is 81.3 cm³/mol. The predicted octanol–water partition coefficient (Wildman–Crippen LogP) is 1.55. The number of rotatable bonds is 3. The maximum Gasteiger partial charge on any atom is 0.416 e. The first-order chi connectivity index (χ1) is 10.8. The Morgan fingerprint density at radius 1 is 1.22 bits per heavy atom. The van der Waals surface area contributed by atoms with Crippen LogP contribution in [0.25, 0.3) is 0 Å². The number of nitrogens with two attached hydrogens (primary N) is 3. The summed E-state index contributed by atoms with van der Waals surface area (Å²) in [6.45, 7) is 0. The van der Waals surface area contributed by atoms with Gasteiger partial charge in [-0.25, -0.2) is 5.84 Å². The summed E-state index contributed by atoms with van der Waals surface area (Å²) in [6, 6.07) is 4.96. The van der Waals surface area contributed by atoms with Crippen LogP contribution in [0.5, 0.6) is 0 Å². The lowest BCUT2D eigenvalue weighted by Gasteiger charge is -2.13. The molecule has 0 bridgehead atoms. The Bertz CT molecular complexity index is 660. The van der Waals surface area contributed by atoms with Crippen LogP contribution in [0.1, 0.15) is 29.9 Å². The summed E-state index contributed by atoms with van der Waals surface area (Å²) < 4.78 is 37.8. The summed E-state index contributed by atoms with van der Waals surface area (Å²) in [5.74, 6) is 10.3. The number of hydrogen-bond donors (Lipinski definition) is 5. The first-order valence-electron chi connectivity index (χ1n) is 6.76. The average molecular weight is 326 g/mol. The van der Waals surface area contributed by atoms with E-state index >= 15 is 0 Å². The van der Waals surface area contributed by atoms with Crippen molar-refractivity contribution in [3.05, 3.63) is 46.7 Å². The lowest BCUT2D eigenvalue weighted by atomic mass is 9.94. The molecule has 6 nitrogen and oxygen atoms in total. The van der Waals surface area contributed by atoms with Gasteiger partial charge in [0.1, 0.15) is 5.71 Å². The number of amidine groups is 1. The quantitative estimate of drug-likeness (QED) is 0.250. The standard InChI is InChI=1S/C14H17F3N6/c15-14(16,17)9-3-1-7(2-4-9)8-5-10(11(18)6-8)12(19)13(22-20)23-21/h1-4,8,19H,5-6,18,20-21H2,(H,22,23). The first-order valence-corrected chi connectivity index (χ1v) is 6.76. The van der Waals surface area contributed by atoms with Crippen molar-refractivity contribution in [2.75, 3.05) is 0 Å². The second-order valence-electron chi connectivity index (χ2n) is 5.23. The lowest BCUT2D eigenvalue weighted by molar-refractivity contribution is -0.137. The van der Waals surface area contributed by atoms with Gasteiger partial charge in [-0.3, -0.25) is 5.41 Å². The van der Waals surface area contributed by atoms with Crippen molar-refractivity contribution < 1.29 is 13.2 Å². The van der Waals surface area contributed by atoms with E-state index < -0.39 is 11.7 Å². The van der Waals surface area contributed by atoms with E-state index in [4.69, 9.17) is 22.8 Å². The van der Waals surface area contributed by atoms with Crippen LogP contribution in [-0.4, -0.2) is 11.5 Å². The zero-order chi connectivity index (χ0) is 17.2. The van der Waals surface area contributed by atoms with Crippen LogP contribution in [0.15, 0.2) is 40.6 Å². The van der Waals surface area contributed by atoms with Crippen molar-refractivity contribution in [1.29, 1.82) is 5.41 Å². The zero-order valence-corrected chi connectivity index (χ0v) is 12.1. The number of alkyl halides is 3. The molecule has 9 heteroatoms. The fraction of sp³-hybridized carbons (Fsp3) is 0.286. The third-order valence-electron chi connectivity index (χ3n) is 3.82. The highest BCUT2D eigenvalue weighted by Crippen LogP contribution is 2.38. The van der Waals surface area contributed by atoms with Gasteiger partial charge in [-0.2, -0.15) is 18.3 Å². The Kier molecular flexibility index (Phi) is 4.60. The molecule has 0 spiro atoms. The van der Waals surface area contributed by atoms with Crippen molar-refractivity contribution >= 4 is 11.5 Å². The Balaban J connectivity index is 2.16. The molecule has 1 aromatic carbocycles. The van der Waals surface area contributed by atoms with Gasteiger partial charge in [-0.1, -0.05) is 12.1 Å². The lowest BCUT2D eigenvalue weighted by Crippen LogP contribution is -2.38. The molecule has 1 atom stereocenters. The molecule has 1 aromatic rings. The van der Waals surface area contributed by atoms with Gasteiger partial charge >= 0.3 is 6.18 Å². The van der Waals surface area contributed by atoms with Gasteiger partial charge in [0.05, 0.1) is 5.56 Å².